The molecule has 3 N–H and O–H groups in total. The molecule has 0 saturated carbocycles. The van der Waals surface area contributed by atoms with E-state index in [0.29, 0.717) is 5.92 Å². The van der Waals surface area contributed by atoms with Crippen molar-refractivity contribution in [2.75, 3.05) is 13.2 Å². The van der Waals surface area contributed by atoms with Gasteiger partial charge in [0.25, 0.3) is 0 Å². The molecule has 0 unspecified atom stereocenters. The van der Waals surface area contributed by atoms with Crippen molar-refractivity contribution in [1.29, 1.82) is 0 Å². The van der Waals surface area contributed by atoms with Crippen LogP contribution in [0.25, 0.3) is 0 Å². The zero-order valence-corrected chi connectivity index (χ0v) is 21.1. The molecular formula is C31H40N2O. The molecule has 0 radical (unpaired) electrons. The van der Waals surface area contributed by atoms with Crippen molar-refractivity contribution in [2.24, 2.45) is 5.92 Å². The topological polar surface area (TPSA) is 44.3 Å². The fourth-order valence-electron chi connectivity index (χ4n) is 5.38. The third-order valence-electron chi connectivity index (χ3n) is 7.43. The van der Waals surface area contributed by atoms with E-state index in [1.54, 1.807) is 0 Å². The van der Waals surface area contributed by atoms with Crippen LogP contribution in [0, 0.1) is 12.8 Å². The SMILES string of the molecule is Cc1ccc(C(C)(C)C)cc1CN[C@H]1[C@@H](CCO)CN[C@H]1C(c1ccccc1)c1ccccc1. The lowest BCUT2D eigenvalue weighted by Crippen LogP contribution is -2.46. The number of hydrogen-bond donors (Lipinski definition) is 3. The lowest BCUT2D eigenvalue weighted by atomic mass is 9.80. The standard InChI is InChI=1S/C31H40N2O/c1-22-15-16-27(31(2,3)4)19-26(22)21-32-29-25(17-18-34)20-33-30(29)28(23-11-7-5-8-12-23)24-13-9-6-10-14-24/h5-16,19,25,28-30,32-34H,17-18,20-21H2,1-4H3/t25-,29-,30-/m0/s1. The van der Waals surface area contributed by atoms with Crippen molar-refractivity contribution in [3.05, 3.63) is 107 Å². The van der Waals surface area contributed by atoms with E-state index >= 15 is 0 Å². The summed E-state index contributed by atoms with van der Waals surface area (Å²) in [7, 11) is 0. The van der Waals surface area contributed by atoms with E-state index in [0.717, 1.165) is 19.5 Å². The summed E-state index contributed by atoms with van der Waals surface area (Å²) in [6.45, 7) is 11.0. The molecule has 0 aromatic heterocycles. The van der Waals surface area contributed by atoms with E-state index in [-0.39, 0.29) is 30.0 Å². The molecular weight excluding hydrogens is 416 g/mol. The molecule has 0 amide bonds. The molecule has 180 valence electrons. The smallest absolute Gasteiger partial charge is 0.0434 e. The Morgan fingerprint density at radius 3 is 2.12 bits per heavy atom. The minimum absolute atomic E-state index is 0.130. The largest absolute Gasteiger partial charge is 0.396 e. The van der Waals surface area contributed by atoms with E-state index in [9.17, 15) is 5.11 Å². The van der Waals surface area contributed by atoms with Gasteiger partial charge in [-0.05, 0) is 59.0 Å². The Morgan fingerprint density at radius 2 is 1.56 bits per heavy atom. The molecule has 3 atom stereocenters. The fraction of sp³-hybridized carbons (Fsp3) is 0.419. The van der Waals surface area contributed by atoms with E-state index in [1.807, 2.05) is 0 Å². The summed E-state index contributed by atoms with van der Waals surface area (Å²) in [5, 5.41) is 17.6. The van der Waals surface area contributed by atoms with Gasteiger partial charge in [-0.2, -0.15) is 0 Å². The van der Waals surface area contributed by atoms with Crippen LogP contribution < -0.4 is 10.6 Å². The Bertz CT molecular complexity index is 1000. The number of rotatable bonds is 8. The van der Waals surface area contributed by atoms with Crippen LogP contribution in [0.15, 0.2) is 78.9 Å². The van der Waals surface area contributed by atoms with E-state index in [1.165, 1.54) is 27.8 Å². The average molecular weight is 457 g/mol. The minimum atomic E-state index is 0.130. The van der Waals surface area contributed by atoms with E-state index < -0.39 is 0 Å². The second-order valence-electron chi connectivity index (χ2n) is 10.8. The summed E-state index contributed by atoms with van der Waals surface area (Å²) in [5.74, 6) is 0.627. The predicted octanol–water partition coefficient (Wildman–Crippen LogP) is 5.55. The number of hydrogen-bond acceptors (Lipinski definition) is 3. The van der Waals surface area contributed by atoms with Crippen LogP contribution in [-0.4, -0.2) is 30.3 Å². The lowest BCUT2D eigenvalue weighted by molar-refractivity contribution is 0.241. The number of benzene rings is 3. The molecule has 1 aliphatic rings. The molecule has 3 heteroatoms. The third kappa shape index (κ3) is 5.60. The Hall–Kier alpha value is -2.46. The van der Waals surface area contributed by atoms with Crippen molar-refractivity contribution in [3.63, 3.8) is 0 Å². The predicted molar refractivity (Wildman–Crippen MR) is 142 cm³/mol. The van der Waals surface area contributed by atoms with Gasteiger partial charge in [-0.25, -0.2) is 0 Å². The van der Waals surface area contributed by atoms with Crippen molar-refractivity contribution >= 4 is 0 Å². The van der Waals surface area contributed by atoms with E-state index in [4.69, 9.17) is 0 Å². The molecule has 34 heavy (non-hydrogen) atoms. The second-order valence-corrected chi connectivity index (χ2v) is 10.8. The molecule has 0 bridgehead atoms. The van der Waals surface area contributed by atoms with Gasteiger partial charge >= 0.3 is 0 Å². The zero-order valence-electron chi connectivity index (χ0n) is 21.1. The maximum absolute atomic E-state index is 9.80. The van der Waals surface area contributed by atoms with Crippen LogP contribution in [0.1, 0.15) is 60.9 Å². The van der Waals surface area contributed by atoms with Gasteiger partial charge in [0.2, 0.25) is 0 Å². The molecule has 3 aromatic rings. The summed E-state index contributed by atoms with van der Waals surface area (Å²) in [5.41, 5.74) is 6.84. The lowest BCUT2D eigenvalue weighted by Gasteiger charge is -2.33. The van der Waals surface area contributed by atoms with Gasteiger partial charge < -0.3 is 15.7 Å². The van der Waals surface area contributed by atoms with Gasteiger partial charge in [0, 0.05) is 31.2 Å². The fourth-order valence-corrected chi connectivity index (χ4v) is 5.38. The van der Waals surface area contributed by atoms with E-state index in [2.05, 4.69) is 117 Å². The molecule has 4 rings (SSSR count). The van der Waals surface area contributed by atoms with Crippen LogP contribution in [0.4, 0.5) is 0 Å². The van der Waals surface area contributed by atoms with Gasteiger partial charge in [-0.3, -0.25) is 0 Å². The highest BCUT2D eigenvalue weighted by Crippen LogP contribution is 2.35. The highest BCUT2D eigenvalue weighted by atomic mass is 16.3. The first-order valence-corrected chi connectivity index (χ1v) is 12.7. The van der Waals surface area contributed by atoms with Crippen molar-refractivity contribution in [2.45, 2.75) is 64.1 Å². The molecule has 1 saturated heterocycles. The Morgan fingerprint density at radius 1 is 0.941 bits per heavy atom. The molecule has 1 fully saturated rings. The maximum Gasteiger partial charge on any atom is 0.0434 e. The highest BCUT2D eigenvalue weighted by molar-refractivity contribution is 5.37. The Kier molecular flexibility index (Phi) is 7.88. The van der Waals surface area contributed by atoms with Crippen molar-refractivity contribution in [1.82, 2.24) is 10.6 Å². The molecule has 0 spiro atoms. The van der Waals surface area contributed by atoms with Crippen molar-refractivity contribution < 1.29 is 5.11 Å². The monoisotopic (exact) mass is 456 g/mol. The Labute approximate surface area is 205 Å². The normalized spacial score (nSPS) is 20.7. The van der Waals surface area contributed by atoms with Gasteiger partial charge in [-0.15, -0.1) is 0 Å². The maximum atomic E-state index is 9.80. The van der Waals surface area contributed by atoms with Crippen LogP contribution in [0.5, 0.6) is 0 Å². The first-order chi connectivity index (χ1) is 16.4. The van der Waals surface area contributed by atoms with Gasteiger partial charge in [0.05, 0.1) is 0 Å². The molecule has 0 aliphatic carbocycles. The van der Waals surface area contributed by atoms with Gasteiger partial charge in [0.15, 0.2) is 0 Å². The molecule has 1 aliphatic heterocycles. The molecule has 3 nitrogen and oxygen atoms in total. The molecule has 3 aromatic carbocycles. The number of nitrogens with one attached hydrogen (secondary N) is 2. The first-order valence-electron chi connectivity index (χ1n) is 12.7. The number of aliphatic hydroxyl groups excluding tert-OH is 1. The summed E-state index contributed by atoms with van der Waals surface area (Å²) in [4.78, 5) is 0. The minimum Gasteiger partial charge on any atom is -0.396 e. The summed E-state index contributed by atoms with van der Waals surface area (Å²) in [6.07, 6.45) is 0.804. The summed E-state index contributed by atoms with van der Waals surface area (Å²) in [6, 6.07) is 29.1. The molecule has 1 heterocycles. The van der Waals surface area contributed by atoms with Crippen LogP contribution in [0.3, 0.4) is 0 Å². The quantitative estimate of drug-likeness (QED) is 0.416. The number of aryl methyl sites for hydroxylation is 1. The highest BCUT2D eigenvalue weighted by Gasteiger charge is 2.40. The average Bonchev–Trinajstić information content (AvgIpc) is 3.21. The van der Waals surface area contributed by atoms with Gasteiger partial charge in [-0.1, -0.05) is 99.6 Å². The van der Waals surface area contributed by atoms with Crippen molar-refractivity contribution in [3.8, 4) is 0 Å². The van der Waals surface area contributed by atoms with Gasteiger partial charge in [0.1, 0.15) is 0 Å². The zero-order chi connectivity index (χ0) is 24.1. The van der Waals surface area contributed by atoms with Crippen LogP contribution in [0.2, 0.25) is 0 Å². The van der Waals surface area contributed by atoms with Crippen LogP contribution >= 0.6 is 0 Å². The summed E-state index contributed by atoms with van der Waals surface area (Å²) < 4.78 is 0. The Balaban J connectivity index is 1.65. The summed E-state index contributed by atoms with van der Waals surface area (Å²) >= 11 is 0. The van der Waals surface area contributed by atoms with Crippen LogP contribution in [-0.2, 0) is 12.0 Å². The number of aliphatic hydroxyl groups is 1. The second kappa shape index (κ2) is 10.9. The third-order valence-corrected chi connectivity index (χ3v) is 7.43. The first kappa shape index (κ1) is 24.7.